The van der Waals surface area contributed by atoms with Crippen molar-refractivity contribution in [2.24, 2.45) is 5.10 Å². The van der Waals surface area contributed by atoms with Gasteiger partial charge in [0.1, 0.15) is 5.75 Å². The molecule has 9 heteroatoms. The van der Waals surface area contributed by atoms with E-state index in [0.29, 0.717) is 14.0 Å². The van der Waals surface area contributed by atoms with Crippen molar-refractivity contribution in [1.29, 1.82) is 0 Å². The van der Waals surface area contributed by atoms with Gasteiger partial charge in [0.2, 0.25) is 5.91 Å². The second-order valence-corrected chi connectivity index (χ2v) is 8.55. The van der Waals surface area contributed by atoms with E-state index in [4.69, 9.17) is 11.6 Å². The zero-order valence-electron chi connectivity index (χ0n) is 13.6. The molecule has 3 aromatic rings. The Morgan fingerprint density at radius 3 is 2.74 bits per heavy atom. The largest absolute Gasteiger partial charge is 0.506 e. The van der Waals surface area contributed by atoms with Crippen molar-refractivity contribution < 1.29 is 9.90 Å². The molecule has 1 amide bonds. The second kappa shape index (κ2) is 9.05. The van der Waals surface area contributed by atoms with Gasteiger partial charge < -0.3 is 5.11 Å². The monoisotopic (exact) mass is 527 g/mol. The first-order valence-electron chi connectivity index (χ1n) is 7.61. The number of hydrogen-bond acceptors (Lipinski definition) is 5. The number of aromatic hydroxyl groups is 1. The molecule has 0 atom stereocenters. The summed E-state index contributed by atoms with van der Waals surface area (Å²) in [6, 6.07) is 10.7. The number of hydrogen-bond donors (Lipinski definition) is 2. The van der Waals surface area contributed by atoms with Crippen LogP contribution in [0.1, 0.15) is 5.56 Å². The third kappa shape index (κ3) is 5.22. The average Bonchev–Trinajstić information content (AvgIpc) is 2.64. The Kier molecular flexibility index (Phi) is 6.75. The van der Waals surface area contributed by atoms with Crippen molar-refractivity contribution in [3.63, 3.8) is 0 Å². The average molecular weight is 530 g/mol. The smallest absolute Gasteiger partial charge is 0.250 e. The Morgan fingerprint density at radius 1 is 1.26 bits per heavy atom. The molecule has 3 rings (SSSR count). The Bertz CT molecular complexity index is 1020. The first-order chi connectivity index (χ1) is 12.9. The van der Waals surface area contributed by atoms with Crippen molar-refractivity contribution in [1.82, 2.24) is 10.4 Å². The molecule has 0 bridgehead atoms. The zero-order chi connectivity index (χ0) is 19.4. The molecule has 0 spiro atoms. The molecular weight excluding hydrogens is 518 g/mol. The highest BCUT2D eigenvalue weighted by atomic mass is 79.9. The summed E-state index contributed by atoms with van der Waals surface area (Å²) in [6.45, 7) is 0. The van der Waals surface area contributed by atoms with Crippen LogP contribution in [0.5, 0.6) is 5.75 Å². The number of nitrogens with one attached hydrogen (secondary N) is 1. The summed E-state index contributed by atoms with van der Waals surface area (Å²) in [5.41, 5.74) is 4.00. The van der Waals surface area contributed by atoms with Crippen molar-refractivity contribution in [3.8, 4) is 5.75 Å². The van der Waals surface area contributed by atoms with Crippen LogP contribution >= 0.6 is 55.2 Å². The maximum atomic E-state index is 12.0. The van der Waals surface area contributed by atoms with Crippen LogP contribution < -0.4 is 5.43 Å². The van der Waals surface area contributed by atoms with Crippen LogP contribution in [0.25, 0.3) is 10.9 Å². The van der Waals surface area contributed by atoms with Gasteiger partial charge in [-0.3, -0.25) is 9.78 Å². The molecule has 2 aromatic carbocycles. The summed E-state index contributed by atoms with van der Waals surface area (Å²) in [5.74, 6) is 0.0905. The number of nitrogens with zero attached hydrogens (tertiary/aromatic N) is 2. The van der Waals surface area contributed by atoms with Crippen LogP contribution in [0.2, 0.25) is 5.02 Å². The quantitative estimate of drug-likeness (QED) is 0.265. The number of rotatable bonds is 5. The molecule has 0 saturated heterocycles. The lowest BCUT2D eigenvalue weighted by atomic mass is 10.2. The highest BCUT2D eigenvalue weighted by molar-refractivity contribution is 9.11. The summed E-state index contributed by atoms with van der Waals surface area (Å²) >= 11 is 13.9. The maximum Gasteiger partial charge on any atom is 0.250 e. The van der Waals surface area contributed by atoms with Gasteiger partial charge in [-0.1, -0.05) is 17.7 Å². The Morgan fingerprint density at radius 2 is 2.00 bits per heavy atom. The molecule has 2 N–H and O–H groups in total. The Balaban J connectivity index is 1.61. The number of amides is 1. The van der Waals surface area contributed by atoms with Crippen LogP contribution in [0.15, 0.2) is 61.5 Å². The standard InChI is InChI=1S/C18H12Br2ClN3O2S/c19-13-5-10(6-14(20)18(13)26)8-23-24-17(25)9-27-16-3-4-22-15-7-11(21)1-2-12(15)16/h1-8,26H,9H2,(H,24,25). The van der Waals surface area contributed by atoms with E-state index in [1.165, 1.54) is 18.0 Å². The summed E-state index contributed by atoms with van der Waals surface area (Å²) in [4.78, 5) is 17.3. The third-order valence-electron chi connectivity index (χ3n) is 3.47. The lowest BCUT2D eigenvalue weighted by Crippen LogP contribution is -2.19. The van der Waals surface area contributed by atoms with Gasteiger partial charge in [0.25, 0.3) is 0 Å². The number of halogens is 3. The van der Waals surface area contributed by atoms with Crippen LogP contribution in [0, 0.1) is 0 Å². The summed E-state index contributed by atoms with van der Waals surface area (Å²) in [6.07, 6.45) is 3.19. The molecule has 138 valence electrons. The number of thioether (sulfide) groups is 1. The number of hydrazone groups is 1. The SMILES string of the molecule is O=C(CSc1ccnc2cc(Cl)ccc12)NN=Cc1cc(Br)c(O)c(Br)c1. The minimum absolute atomic E-state index is 0.110. The maximum absolute atomic E-state index is 12.0. The molecule has 0 unspecified atom stereocenters. The van der Waals surface area contributed by atoms with Crippen LogP contribution in [-0.4, -0.2) is 28.0 Å². The fourth-order valence-corrected chi connectivity index (χ4v) is 4.46. The van der Waals surface area contributed by atoms with E-state index in [0.717, 1.165) is 21.4 Å². The van der Waals surface area contributed by atoms with Gasteiger partial charge in [0.15, 0.2) is 0 Å². The predicted octanol–water partition coefficient (Wildman–Crippen LogP) is 5.36. The van der Waals surface area contributed by atoms with Gasteiger partial charge in [-0.05, 0) is 67.8 Å². The lowest BCUT2D eigenvalue weighted by Gasteiger charge is -2.05. The number of phenolic OH excluding ortho intramolecular Hbond substituents is 1. The molecule has 0 fully saturated rings. The van der Waals surface area contributed by atoms with E-state index in [9.17, 15) is 9.90 Å². The predicted molar refractivity (Wildman–Crippen MR) is 117 cm³/mol. The normalized spacial score (nSPS) is 11.2. The third-order valence-corrected chi connectivity index (χ3v) is 5.98. The molecule has 1 aromatic heterocycles. The Labute approximate surface area is 181 Å². The van der Waals surface area contributed by atoms with E-state index in [-0.39, 0.29) is 17.4 Å². The molecule has 1 heterocycles. The second-order valence-electron chi connectivity index (χ2n) is 5.39. The lowest BCUT2D eigenvalue weighted by molar-refractivity contribution is -0.118. The van der Waals surface area contributed by atoms with Crippen LogP contribution in [-0.2, 0) is 4.79 Å². The highest BCUT2D eigenvalue weighted by Gasteiger charge is 2.07. The Hall–Kier alpha value is -1.61. The summed E-state index contributed by atoms with van der Waals surface area (Å²) < 4.78 is 1.06. The van der Waals surface area contributed by atoms with Crippen molar-refractivity contribution in [2.45, 2.75) is 4.90 Å². The summed E-state index contributed by atoms with van der Waals surface area (Å²) in [5, 5.41) is 15.2. The number of carbonyl (C=O) groups is 1. The fourth-order valence-electron chi connectivity index (χ4n) is 2.23. The molecule has 0 radical (unpaired) electrons. The molecular formula is C18H12Br2ClN3O2S. The van der Waals surface area contributed by atoms with Crippen molar-refractivity contribution >= 4 is 78.2 Å². The zero-order valence-corrected chi connectivity index (χ0v) is 18.4. The van der Waals surface area contributed by atoms with Crippen molar-refractivity contribution in [3.05, 3.63) is 62.1 Å². The van der Waals surface area contributed by atoms with Gasteiger partial charge in [0, 0.05) is 21.5 Å². The molecule has 0 aliphatic rings. The van der Waals surface area contributed by atoms with Gasteiger partial charge >= 0.3 is 0 Å². The van der Waals surface area contributed by atoms with Gasteiger partial charge in [0.05, 0.1) is 26.4 Å². The molecule has 0 saturated carbocycles. The van der Waals surface area contributed by atoms with Gasteiger partial charge in [-0.2, -0.15) is 5.10 Å². The molecule has 0 aliphatic heterocycles. The molecule has 5 nitrogen and oxygen atoms in total. The topological polar surface area (TPSA) is 74.6 Å². The minimum atomic E-state index is -0.230. The van der Waals surface area contributed by atoms with Gasteiger partial charge in [-0.15, -0.1) is 11.8 Å². The number of carbonyl (C=O) groups excluding carboxylic acids is 1. The van der Waals surface area contributed by atoms with E-state index < -0.39 is 0 Å². The van der Waals surface area contributed by atoms with E-state index >= 15 is 0 Å². The fraction of sp³-hybridized carbons (Fsp3) is 0.0556. The van der Waals surface area contributed by atoms with Crippen LogP contribution in [0.4, 0.5) is 0 Å². The highest BCUT2D eigenvalue weighted by Crippen LogP contribution is 2.32. The van der Waals surface area contributed by atoms with E-state index in [1.807, 2.05) is 12.1 Å². The van der Waals surface area contributed by atoms with Crippen molar-refractivity contribution in [2.75, 3.05) is 5.75 Å². The number of pyridine rings is 1. The molecule has 27 heavy (non-hydrogen) atoms. The number of benzene rings is 2. The number of fused-ring (bicyclic) bond motifs is 1. The molecule has 0 aliphatic carbocycles. The van der Waals surface area contributed by atoms with E-state index in [1.54, 1.807) is 30.5 Å². The minimum Gasteiger partial charge on any atom is -0.506 e. The van der Waals surface area contributed by atoms with E-state index in [2.05, 4.69) is 47.4 Å². The van der Waals surface area contributed by atoms with Gasteiger partial charge in [-0.25, -0.2) is 5.43 Å². The number of phenols is 1. The number of aromatic nitrogens is 1. The summed E-state index contributed by atoms with van der Waals surface area (Å²) in [7, 11) is 0. The first kappa shape index (κ1) is 20.1. The first-order valence-corrected chi connectivity index (χ1v) is 10.6. The van der Waals surface area contributed by atoms with Crippen LogP contribution in [0.3, 0.4) is 0 Å².